The van der Waals surface area contributed by atoms with Gasteiger partial charge in [-0.05, 0) is 55.7 Å². The Labute approximate surface area is 159 Å². The maximum Gasteiger partial charge on any atom is 0.318 e. The molecule has 5 nitrogen and oxygen atoms in total. The monoisotopic (exact) mass is 373 g/mol. The summed E-state index contributed by atoms with van der Waals surface area (Å²) in [5.41, 5.74) is 0.853. The van der Waals surface area contributed by atoms with E-state index in [2.05, 4.69) is 10.6 Å². The minimum absolute atomic E-state index is 0.0731. The Morgan fingerprint density at radius 1 is 1.04 bits per heavy atom. The molecule has 1 aromatic carbocycles. The summed E-state index contributed by atoms with van der Waals surface area (Å²) in [6.07, 6.45) is 8.57. The van der Waals surface area contributed by atoms with Crippen LogP contribution in [-0.4, -0.2) is 35.0 Å². The molecule has 3 aliphatic rings. The molecule has 3 atom stereocenters. The van der Waals surface area contributed by atoms with E-state index < -0.39 is 0 Å². The molecule has 0 radical (unpaired) electrons. The first kappa shape index (κ1) is 18.3. The van der Waals surface area contributed by atoms with Crippen molar-refractivity contribution in [3.8, 4) is 0 Å². The topological polar surface area (TPSA) is 61.4 Å². The van der Waals surface area contributed by atoms with Gasteiger partial charge in [-0.3, -0.25) is 4.79 Å². The fraction of sp³-hybridized carbons (Fsp3) is 0.619. The van der Waals surface area contributed by atoms with Crippen molar-refractivity contribution in [2.75, 3.05) is 0 Å². The van der Waals surface area contributed by atoms with E-state index in [4.69, 9.17) is 0 Å². The molecule has 27 heavy (non-hydrogen) atoms. The van der Waals surface area contributed by atoms with E-state index in [9.17, 15) is 14.0 Å². The maximum absolute atomic E-state index is 13.0. The molecule has 2 aliphatic carbocycles. The van der Waals surface area contributed by atoms with Gasteiger partial charge in [0.25, 0.3) is 0 Å². The summed E-state index contributed by atoms with van der Waals surface area (Å²) in [6.45, 7) is 0.352. The van der Waals surface area contributed by atoms with Crippen LogP contribution in [0.5, 0.6) is 0 Å². The van der Waals surface area contributed by atoms with E-state index in [0.29, 0.717) is 6.54 Å². The molecule has 1 heterocycles. The first-order valence-electron chi connectivity index (χ1n) is 10.2. The molecule has 1 aliphatic heterocycles. The lowest BCUT2D eigenvalue weighted by atomic mass is 9.95. The van der Waals surface area contributed by atoms with Crippen LogP contribution in [0.1, 0.15) is 56.9 Å². The number of fused-ring (bicyclic) bond motifs is 2. The maximum atomic E-state index is 13.0. The predicted octanol–water partition coefficient (Wildman–Crippen LogP) is 3.34. The highest BCUT2D eigenvalue weighted by Gasteiger charge is 2.51. The lowest BCUT2D eigenvalue weighted by Gasteiger charge is -2.36. The second-order valence-corrected chi connectivity index (χ2v) is 8.21. The zero-order valence-electron chi connectivity index (χ0n) is 15.6. The number of nitrogens with one attached hydrogen (secondary N) is 2. The van der Waals surface area contributed by atoms with Gasteiger partial charge >= 0.3 is 6.03 Å². The molecule has 2 bridgehead atoms. The first-order chi connectivity index (χ1) is 13.1. The third kappa shape index (κ3) is 3.94. The number of urea groups is 1. The zero-order valence-corrected chi connectivity index (χ0v) is 15.6. The highest BCUT2D eigenvalue weighted by Crippen LogP contribution is 2.42. The fourth-order valence-corrected chi connectivity index (χ4v) is 5.01. The number of nitrogens with zero attached hydrogens (tertiary/aromatic N) is 1. The van der Waals surface area contributed by atoms with Crippen molar-refractivity contribution in [2.24, 2.45) is 5.92 Å². The summed E-state index contributed by atoms with van der Waals surface area (Å²) < 4.78 is 13.0. The Morgan fingerprint density at radius 3 is 2.52 bits per heavy atom. The third-order valence-electron chi connectivity index (χ3n) is 6.40. The van der Waals surface area contributed by atoms with E-state index in [1.165, 1.54) is 31.4 Å². The molecule has 3 unspecified atom stereocenters. The molecule has 146 valence electrons. The van der Waals surface area contributed by atoms with Crippen LogP contribution in [0.2, 0.25) is 0 Å². The summed E-state index contributed by atoms with van der Waals surface area (Å²) in [7, 11) is 0. The van der Waals surface area contributed by atoms with Gasteiger partial charge in [-0.25, -0.2) is 9.18 Å². The summed E-state index contributed by atoms with van der Waals surface area (Å²) in [4.78, 5) is 27.6. The molecular formula is C21H28FN3O2. The SMILES string of the molecule is O=C(NCc1ccc(F)cc1)C1C2CCC(C2)N1C(=O)NC1CCCCC1. The first-order valence-corrected chi connectivity index (χ1v) is 10.2. The van der Waals surface area contributed by atoms with Crippen molar-refractivity contribution in [3.63, 3.8) is 0 Å². The van der Waals surface area contributed by atoms with Gasteiger partial charge in [-0.15, -0.1) is 0 Å². The second-order valence-electron chi connectivity index (χ2n) is 8.21. The number of hydrogen-bond acceptors (Lipinski definition) is 2. The van der Waals surface area contributed by atoms with E-state index in [0.717, 1.165) is 37.7 Å². The lowest BCUT2D eigenvalue weighted by molar-refractivity contribution is -0.127. The number of rotatable bonds is 4. The van der Waals surface area contributed by atoms with E-state index in [1.807, 2.05) is 4.90 Å². The van der Waals surface area contributed by atoms with E-state index >= 15 is 0 Å². The smallest absolute Gasteiger partial charge is 0.318 e. The predicted molar refractivity (Wildman–Crippen MR) is 100 cm³/mol. The van der Waals surface area contributed by atoms with Crippen molar-refractivity contribution in [2.45, 2.75) is 76.0 Å². The Bertz CT molecular complexity index is 687. The number of hydrogen-bond donors (Lipinski definition) is 2. The minimum atomic E-state index is -0.382. The number of carbonyl (C=O) groups is 2. The number of piperidine rings is 1. The fourth-order valence-electron chi connectivity index (χ4n) is 5.01. The van der Waals surface area contributed by atoms with Crippen LogP contribution in [-0.2, 0) is 11.3 Å². The number of amides is 3. The average Bonchev–Trinajstić information content (AvgIpc) is 3.29. The van der Waals surface area contributed by atoms with Crippen molar-refractivity contribution in [3.05, 3.63) is 35.6 Å². The average molecular weight is 373 g/mol. The normalized spacial score (nSPS) is 27.6. The Hall–Kier alpha value is -2.11. The number of halogens is 1. The third-order valence-corrected chi connectivity index (χ3v) is 6.40. The highest BCUT2D eigenvalue weighted by molar-refractivity contribution is 5.88. The van der Waals surface area contributed by atoms with Gasteiger partial charge in [0, 0.05) is 18.6 Å². The van der Waals surface area contributed by atoms with Gasteiger partial charge in [-0.1, -0.05) is 31.4 Å². The van der Waals surface area contributed by atoms with Crippen LogP contribution in [0, 0.1) is 11.7 Å². The molecule has 1 saturated heterocycles. The van der Waals surface area contributed by atoms with Crippen LogP contribution < -0.4 is 10.6 Å². The van der Waals surface area contributed by atoms with Gasteiger partial charge in [0.2, 0.25) is 5.91 Å². The molecule has 0 aromatic heterocycles. The zero-order chi connectivity index (χ0) is 18.8. The Kier molecular flexibility index (Phi) is 5.32. The summed E-state index contributed by atoms with van der Waals surface area (Å²) in [5.74, 6) is -0.130. The summed E-state index contributed by atoms with van der Waals surface area (Å²) in [6, 6.07) is 6.09. The van der Waals surface area contributed by atoms with Crippen LogP contribution in [0.4, 0.5) is 9.18 Å². The largest absolute Gasteiger partial charge is 0.350 e. The number of benzene rings is 1. The van der Waals surface area contributed by atoms with Crippen molar-refractivity contribution in [1.82, 2.24) is 15.5 Å². The van der Waals surface area contributed by atoms with Crippen LogP contribution >= 0.6 is 0 Å². The molecule has 0 spiro atoms. The quantitative estimate of drug-likeness (QED) is 0.850. The van der Waals surface area contributed by atoms with Crippen molar-refractivity contribution in [1.29, 1.82) is 0 Å². The molecule has 2 N–H and O–H groups in total. The Balaban J connectivity index is 1.39. The molecular weight excluding hydrogens is 345 g/mol. The van der Waals surface area contributed by atoms with Crippen LogP contribution in [0.15, 0.2) is 24.3 Å². The van der Waals surface area contributed by atoms with Gasteiger partial charge in [0.05, 0.1) is 0 Å². The summed E-state index contributed by atoms with van der Waals surface area (Å²) in [5, 5.41) is 6.13. The van der Waals surface area contributed by atoms with Gasteiger partial charge in [0.15, 0.2) is 0 Å². The molecule has 2 saturated carbocycles. The van der Waals surface area contributed by atoms with E-state index in [1.54, 1.807) is 12.1 Å². The molecule has 4 rings (SSSR count). The van der Waals surface area contributed by atoms with Crippen molar-refractivity contribution < 1.29 is 14.0 Å². The summed E-state index contributed by atoms with van der Waals surface area (Å²) >= 11 is 0. The van der Waals surface area contributed by atoms with Crippen LogP contribution in [0.3, 0.4) is 0 Å². The van der Waals surface area contributed by atoms with E-state index in [-0.39, 0.29) is 41.8 Å². The number of carbonyl (C=O) groups excluding carboxylic acids is 2. The number of likely N-dealkylation sites (tertiary alicyclic amines) is 1. The second kappa shape index (κ2) is 7.87. The van der Waals surface area contributed by atoms with Gasteiger partial charge < -0.3 is 15.5 Å². The highest BCUT2D eigenvalue weighted by atomic mass is 19.1. The molecule has 3 amide bonds. The van der Waals surface area contributed by atoms with Crippen molar-refractivity contribution >= 4 is 11.9 Å². The molecule has 1 aromatic rings. The lowest BCUT2D eigenvalue weighted by Crippen LogP contribution is -2.57. The molecule has 3 fully saturated rings. The molecule has 6 heteroatoms. The van der Waals surface area contributed by atoms with Gasteiger partial charge in [0.1, 0.15) is 11.9 Å². The Morgan fingerprint density at radius 2 is 1.78 bits per heavy atom. The van der Waals surface area contributed by atoms with Crippen LogP contribution in [0.25, 0.3) is 0 Å². The standard InChI is InChI=1S/C21H28FN3O2/c22-16-9-6-14(7-10-16)13-23-20(26)19-15-8-11-18(12-15)25(19)21(27)24-17-4-2-1-3-5-17/h6-7,9-10,15,17-19H,1-5,8,11-13H2,(H,23,26)(H,24,27). The minimum Gasteiger partial charge on any atom is -0.350 e. The van der Waals surface area contributed by atoms with Gasteiger partial charge in [-0.2, -0.15) is 0 Å².